The summed E-state index contributed by atoms with van der Waals surface area (Å²) in [5, 5.41) is 0. The molecule has 26 heavy (non-hydrogen) atoms. The van der Waals surface area contributed by atoms with Gasteiger partial charge in [-0.1, -0.05) is 12.1 Å². The first kappa shape index (κ1) is 18.6. The summed E-state index contributed by atoms with van der Waals surface area (Å²) < 4.78 is 35.6. The van der Waals surface area contributed by atoms with Crippen LogP contribution in [0.25, 0.3) is 5.69 Å². The third-order valence-corrected chi connectivity index (χ3v) is 6.12. The fourth-order valence-electron chi connectivity index (χ4n) is 2.53. The third-order valence-electron chi connectivity index (χ3n) is 3.96. The Morgan fingerprint density at radius 2 is 1.92 bits per heavy atom. The van der Waals surface area contributed by atoms with Gasteiger partial charge in [-0.15, -0.1) is 0 Å². The number of rotatable bonds is 6. The SMILES string of the molecule is COc1ccc(S(=O)(=O)N[C@@H](C)c2ccc(-n3ccnc3)cc2)cc1Br. The topological polar surface area (TPSA) is 73.2 Å². The average Bonchev–Trinajstić information content (AvgIpc) is 3.16. The molecule has 0 unspecified atom stereocenters. The summed E-state index contributed by atoms with van der Waals surface area (Å²) >= 11 is 3.31. The second-order valence-corrected chi connectivity index (χ2v) is 8.27. The number of nitrogens with zero attached hydrogens (tertiary/aromatic N) is 2. The Labute approximate surface area is 161 Å². The molecule has 0 fully saturated rings. The maximum Gasteiger partial charge on any atom is 0.241 e. The Morgan fingerprint density at radius 3 is 2.50 bits per heavy atom. The van der Waals surface area contributed by atoms with Crippen LogP contribution in [0.2, 0.25) is 0 Å². The lowest BCUT2D eigenvalue weighted by Gasteiger charge is -2.16. The fraction of sp³-hybridized carbons (Fsp3) is 0.167. The van der Waals surface area contributed by atoms with Gasteiger partial charge in [0.15, 0.2) is 0 Å². The monoisotopic (exact) mass is 435 g/mol. The van der Waals surface area contributed by atoms with E-state index in [-0.39, 0.29) is 10.9 Å². The van der Waals surface area contributed by atoms with Crippen LogP contribution in [-0.2, 0) is 10.0 Å². The summed E-state index contributed by atoms with van der Waals surface area (Å²) in [5.74, 6) is 0.576. The van der Waals surface area contributed by atoms with E-state index < -0.39 is 10.0 Å². The van der Waals surface area contributed by atoms with E-state index in [0.717, 1.165) is 11.3 Å². The van der Waals surface area contributed by atoms with Crippen molar-refractivity contribution in [1.29, 1.82) is 0 Å². The maximum atomic E-state index is 12.6. The van der Waals surface area contributed by atoms with Gasteiger partial charge in [0.1, 0.15) is 5.75 Å². The summed E-state index contributed by atoms with van der Waals surface area (Å²) in [6.45, 7) is 1.81. The number of benzene rings is 2. The molecule has 136 valence electrons. The quantitative estimate of drug-likeness (QED) is 0.640. The lowest BCUT2D eigenvalue weighted by molar-refractivity contribution is 0.411. The summed E-state index contributed by atoms with van der Waals surface area (Å²) in [4.78, 5) is 4.19. The summed E-state index contributed by atoms with van der Waals surface area (Å²) in [6, 6.07) is 11.9. The van der Waals surface area contributed by atoms with Crippen molar-refractivity contribution in [2.24, 2.45) is 0 Å². The molecule has 3 rings (SSSR count). The van der Waals surface area contributed by atoms with Crippen molar-refractivity contribution in [3.05, 3.63) is 71.2 Å². The number of hydrogen-bond donors (Lipinski definition) is 1. The second-order valence-electron chi connectivity index (χ2n) is 5.70. The number of aromatic nitrogens is 2. The van der Waals surface area contributed by atoms with Crippen molar-refractivity contribution < 1.29 is 13.2 Å². The first-order chi connectivity index (χ1) is 12.4. The smallest absolute Gasteiger partial charge is 0.241 e. The van der Waals surface area contributed by atoms with Gasteiger partial charge in [0.05, 0.1) is 22.8 Å². The van der Waals surface area contributed by atoms with Crippen molar-refractivity contribution in [1.82, 2.24) is 14.3 Å². The predicted octanol–water partition coefficient (Wildman–Crippen LogP) is 3.68. The van der Waals surface area contributed by atoms with Crippen LogP contribution in [0.4, 0.5) is 0 Å². The molecule has 0 aliphatic carbocycles. The average molecular weight is 436 g/mol. The summed E-state index contributed by atoms with van der Waals surface area (Å²) in [6.07, 6.45) is 5.27. The molecule has 1 aromatic heterocycles. The Balaban J connectivity index is 1.78. The van der Waals surface area contributed by atoms with E-state index in [9.17, 15) is 8.42 Å². The highest BCUT2D eigenvalue weighted by molar-refractivity contribution is 9.10. The second kappa shape index (κ2) is 7.61. The minimum absolute atomic E-state index is 0.173. The van der Waals surface area contributed by atoms with Crippen LogP contribution >= 0.6 is 15.9 Å². The minimum Gasteiger partial charge on any atom is -0.496 e. The van der Waals surface area contributed by atoms with Crippen LogP contribution in [0.1, 0.15) is 18.5 Å². The molecule has 0 saturated carbocycles. The van der Waals surface area contributed by atoms with E-state index in [1.165, 1.54) is 19.2 Å². The number of imidazole rings is 1. The van der Waals surface area contributed by atoms with Gasteiger partial charge in [0.25, 0.3) is 0 Å². The van der Waals surface area contributed by atoms with Crippen molar-refractivity contribution in [3.8, 4) is 11.4 Å². The van der Waals surface area contributed by atoms with Gasteiger partial charge in [-0.3, -0.25) is 0 Å². The first-order valence-electron chi connectivity index (χ1n) is 7.85. The van der Waals surface area contributed by atoms with Gasteiger partial charge in [-0.25, -0.2) is 18.1 Å². The number of hydrogen-bond acceptors (Lipinski definition) is 4. The van der Waals surface area contributed by atoms with Gasteiger partial charge in [-0.2, -0.15) is 0 Å². The van der Waals surface area contributed by atoms with Crippen LogP contribution in [0, 0.1) is 0 Å². The standard InChI is InChI=1S/C18H18BrN3O3S/c1-13(14-3-5-15(6-4-14)22-10-9-20-12-22)21-26(23,24)16-7-8-18(25-2)17(19)11-16/h3-13,21H,1-2H3/t13-/m0/s1. The number of nitrogens with one attached hydrogen (secondary N) is 1. The molecule has 0 spiro atoms. The molecule has 1 N–H and O–H groups in total. The van der Waals surface area contributed by atoms with Crippen LogP contribution in [0.3, 0.4) is 0 Å². The molecule has 0 aliphatic rings. The van der Waals surface area contributed by atoms with E-state index in [2.05, 4.69) is 25.6 Å². The lowest BCUT2D eigenvalue weighted by atomic mass is 10.1. The van der Waals surface area contributed by atoms with Crippen molar-refractivity contribution in [3.63, 3.8) is 0 Å². The molecule has 1 atom stereocenters. The molecule has 6 nitrogen and oxygen atoms in total. The largest absolute Gasteiger partial charge is 0.496 e. The molecule has 0 saturated heterocycles. The Bertz CT molecular complexity index is 987. The molecular formula is C18H18BrN3O3S. The highest BCUT2D eigenvalue weighted by Gasteiger charge is 2.19. The molecule has 1 heterocycles. The molecular weight excluding hydrogens is 418 g/mol. The minimum atomic E-state index is -3.66. The van der Waals surface area contributed by atoms with Crippen LogP contribution in [0.15, 0.2) is 70.6 Å². The summed E-state index contributed by atoms with van der Waals surface area (Å²) in [5.41, 5.74) is 1.82. The first-order valence-corrected chi connectivity index (χ1v) is 10.1. The third kappa shape index (κ3) is 3.98. The normalized spacial score (nSPS) is 12.7. The van der Waals surface area contributed by atoms with Gasteiger partial charge < -0.3 is 9.30 Å². The van der Waals surface area contributed by atoms with Gasteiger partial charge >= 0.3 is 0 Å². The molecule has 0 aliphatic heterocycles. The Morgan fingerprint density at radius 1 is 1.19 bits per heavy atom. The zero-order valence-electron chi connectivity index (χ0n) is 14.3. The fourth-order valence-corrected chi connectivity index (χ4v) is 4.48. The molecule has 0 bridgehead atoms. The molecule has 3 aromatic rings. The van der Waals surface area contributed by atoms with Crippen molar-refractivity contribution in [2.45, 2.75) is 17.9 Å². The van der Waals surface area contributed by atoms with E-state index in [1.54, 1.807) is 18.6 Å². The molecule has 0 amide bonds. The van der Waals surface area contributed by atoms with Crippen LogP contribution < -0.4 is 9.46 Å². The van der Waals surface area contributed by atoms with E-state index in [1.807, 2.05) is 42.0 Å². The Hall–Kier alpha value is -2.16. The van der Waals surface area contributed by atoms with Crippen molar-refractivity contribution in [2.75, 3.05) is 7.11 Å². The summed E-state index contributed by atoms with van der Waals surface area (Å²) in [7, 11) is -2.13. The van der Waals surface area contributed by atoms with E-state index in [0.29, 0.717) is 10.2 Å². The number of sulfonamides is 1. The van der Waals surface area contributed by atoms with E-state index in [4.69, 9.17) is 4.74 Å². The highest BCUT2D eigenvalue weighted by Crippen LogP contribution is 2.28. The van der Waals surface area contributed by atoms with Gasteiger partial charge in [0, 0.05) is 24.1 Å². The van der Waals surface area contributed by atoms with Crippen LogP contribution in [0.5, 0.6) is 5.75 Å². The van der Waals surface area contributed by atoms with Gasteiger partial charge in [0.2, 0.25) is 10.0 Å². The predicted molar refractivity (Wildman–Crippen MR) is 103 cm³/mol. The molecule has 2 aromatic carbocycles. The highest BCUT2D eigenvalue weighted by atomic mass is 79.9. The maximum absolute atomic E-state index is 12.6. The van der Waals surface area contributed by atoms with Gasteiger partial charge in [-0.05, 0) is 58.7 Å². The van der Waals surface area contributed by atoms with Crippen LogP contribution in [-0.4, -0.2) is 25.1 Å². The zero-order valence-corrected chi connectivity index (χ0v) is 16.7. The Kier molecular flexibility index (Phi) is 5.45. The van der Waals surface area contributed by atoms with Crippen molar-refractivity contribution >= 4 is 26.0 Å². The zero-order chi connectivity index (χ0) is 18.7. The number of ether oxygens (including phenoxy) is 1. The number of halogens is 1. The van der Waals surface area contributed by atoms with E-state index >= 15 is 0 Å². The molecule has 8 heteroatoms. The lowest BCUT2D eigenvalue weighted by Crippen LogP contribution is -2.26. The number of methoxy groups -OCH3 is 1. The molecule has 0 radical (unpaired) electrons.